The molecule has 2 heterocycles. The minimum Gasteiger partial charge on any atom is -0.381 e. The van der Waals surface area contributed by atoms with Gasteiger partial charge in [0.05, 0.1) is 6.10 Å². The van der Waals surface area contributed by atoms with Crippen molar-refractivity contribution in [2.45, 2.75) is 25.0 Å². The fourth-order valence-corrected chi connectivity index (χ4v) is 2.52. The molecule has 4 N–H and O–H groups in total. The summed E-state index contributed by atoms with van der Waals surface area (Å²) in [6.45, 7) is 1.40. The summed E-state index contributed by atoms with van der Waals surface area (Å²) in [5.74, 6) is -0.516. The van der Waals surface area contributed by atoms with Crippen LogP contribution in [0, 0.1) is 0 Å². The van der Waals surface area contributed by atoms with Gasteiger partial charge >= 0.3 is 0 Å². The standard InChI is InChI=1S/C13H20N4O2/c1-19-11-3-5-17(10(6-11)8-14)9-2-4-16-12(7-9)13(15)18/h2,4,7,10-11H,3,5-6,8,14H2,1H3,(H2,15,18). The Kier molecular flexibility index (Phi) is 4.34. The van der Waals surface area contributed by atoms with Gasteiger partial charge in [0.2, 0.25) is 0 Å². The van der Waals surface area contributed by atoms with Crippen molar-refractivity contribution < 1.29 is 9.53 Å². The van der Waals surface area contributed by atoms with Crippen molar-refractivity contribution >= 4 is 11.6 Å². The Morgan fingerprint density at radius 1 is 1.63 bits per heavy atom. The monoisotopic (exact) mass is 264 g/mol. The van der Waals surface area contributed by atoms with Crippen LogP contribution in [0.25, 0.3) is 0 Å². The van der Waals surface area contributed by atoms with Crippen LogP contribution in [0.4, 0.5) is 5.69 Å². The van der Waals surface area contributed by atoms with Gasteiger partial charge in [-0.25, -0.2) is 0 Å². The number of anilines is 1. The maximum Gasteiger partial charge on any atom is 0.267 e. The topological polar surface area (TPSA) is 94.5 Å². The van der Waals surface area contributed by atoms with Gasteiger partial charge in [-0.05, 0) is 25.0 Å². The molecule has 19 heavy (non-hydrogen) atoms. The van der Waals surface area contributed by atoms with E-state index in [1.165, 1.54) is 0 Å². The van der Waals surface area contributed by atoms with Crippen molar-refractivity contribution in [3.05, 3.63) is 24.0 Å². The number of methoxy groups -OCH3 is 1. The lowest BCUT2D eigenvalue weighted by molar-refractivity contribution is 0.0709. The number of pyridine rings is 1. The molecule has 0 saturated carbocycles. The summed E-state index contributed by atoms with van der Waals surface area (Å²) in [7, 11) is 1.73. The number of hydrogen-bond donors (Lipinski definition) is 2. The summed E-state index contributed by atoms with van der Waals surface area (Å²) >= 11 is 0. The van der Waals surface area contributed by atoms with E-state index in [2.05, 4.69) is 9.88 Å². The van der Waals surface area contributed by atoms with Gasteiger partial charge in [0, 0.05) is 38.1 Å². The van der Waals surface area contributed by atoms with Crippen molar-refractivity contribution in [2.24, 2.45) is 11.5 Å². The third-order valence-corrected chi connectivity index (χ3v) is 3.60. The lowest BCUT2D eigenvalue weighted by Gasteiger charge is -2.40. The van der Waals surface area contributed by atoms with E-state index in [0.29, 0.717) is 6.54 Å². The van der Waals surface area contributed by atoms with Gasteiger partial charge in [0.25, 0.3) is 5.91 Å². The summed E-state index contributed by atoms with van der Waals surface area (Å²) in [6.07, 6.45) is 3.69. The van der Waals surface area contributed by atoms with Gasteiger partial charge in [-0.2, -0.15) is 0 Å². The van der Waals surface area contributed by atoms with Crippen LogP contribution in [0.1, 0.15) is 23.3 Å². The molecular formula is C13H20N4O2. The van der Waals surface area contributed by atoms with Crippen LogP contribution in [0.5, 0.6) is 0 Å². The summed E-state index contributed by atoms with van der Waals surface area (Å²) < 4.78 is 5.40. The zero-order valence-corrected chi connectivity index (χ0v) is 11.1. The predicted molar refractivity (Wildman–Crippen MR) is 73.0 cm³/mol. The molecule has 0 spiro atoms. The number of carbonyl (C=O) groups excluding carboxylic acids is 1. The quantitative estimate of drug-likeness (QED) is 0.805. The van der Waals surface area contributed by atoms with Gasteiger partial charge in [-0.3, -0.25) is 9.78 Å². The number of nitrogens with zero attached hydrogens (tertiary/aromatic N) is 2. The number of hydrogen-bond acceptors (Lipinski definition) is 5. The Morgan fingerprint density at radius 2 is 2.42 bits per heavy atom. The van der Waals surface area contributed by atoms with Crippen LogP contribution in [0.2, 0.25) is 0 Å². The van der Waals surface area contributed by atoms with Gasteiger partial charge in [-0.15, -0.1) is 0 Å². The number of ether oxygens (including phenoxy) is 1. The highest BCUT2D eigenvalue weighted by Gasteiger charge is 2.28. The maximum atomic E-state index is 11.2. The number of primary amides is 1. The van der Waals surface area contributed by atoms with Crippen LogP contribution in [0.3, 0.4) is 0 Å². The minimum absolute atomic E-state index is 0.210. The summed E-state index contributed by atoms with van der Waals surface area (Å²) in [4.78, 5) is 17.3. The molecule has 1 aromatic rings. The van der Waals surface area contributed by atoms with Crippen LogP contribution < -0.4 is 16.4 Å². The van der Waals surface area contributed by atoms with Crippen LogP contribution in [0.15, 0.2) is 18.3 Å². The molecule has 6 heteroatoms. The SMILES string of the molecule is COC1CCN(c2ccnc(C(N)=O)c2)C(CN)C1. The highest BCUT2D eigenvalue weighted by molar-refractivity contribution is 5.91. The van der Waals surface area contributed by atoms with Crippen LogP contribution in [-0.2, 0) is 4.74 Å². The second kappa shape index (κ2) is 5.99. The number of aromatic nitrogens is 1. The highest BCUT2D eigenvalue weighted by atomic mass is 16.5. The smallest absolute Gasteiger partial charge is 0.267 e. The zero-order valence-electron chi connectivity index (χ0n) is 11.1. The Hall–Kier alpha value is -1.66. The number of nitrogens with two attached hydrogens (primary N) is 2. The molecule has 1 amide bonds. The average molecular weight is 264 g/mol. The second-order valence-corrected chi connectivity index (χ2v) is 4.73. The normalized spacial score (nSPS) is 23.4. The molecule has 0 radical (unpaired) electrons. The molecule has 0 bridgehead atoms. The number of rotatable bonds is 4. The van der Waals surface area contributed by atoms with Crippen molar-refractivity contribution in [1.82, 2.24) is 4.98 Å². The highest BCUT2D eigenvalue weighted by Crippen LogP contribution is 2.25. The Morgan fingerprint density at radius 3 is 3.05 bits per heavy atom. The summed E-state index contributed by atoms with van der Waals surface area (Å²) in [5, 5.41) is 0. The second-order valence-electron chi connectivity index (χ2n) is 4.73. The van der Waals surface area contributed by atoms with Crippen molar-refractivity contribution in [1.29, 1.82) is 0 Å². The first-order valence-electron chi connectivity index (χ1n) is 6.41. The molecule has 1 fully saturated rings. The van der Waals surface area contributed by atoms with Gasteiger partial charge in [0.15, 0.2) is 0 Å². The summed E-state index contributed by atoms with van der Waals surface area (Å²) in [6, 6.07) is 3.81. The minimum atomic E-state index is -0.516. The third-order valence-electron chi connectivity index (χ3n) is 3.60. The lowest BCUT2D eigenvalue weighted by Crippen LogP contribution is -2.48. The molecule has 2 rings (SSSR count). The fourth-order valence-electron chi connectivity index (χ4n) is 2.52. The Balaban J connectivity index is 2.20. The first-order chi connectivity index (χ1) is 9.15. The third kappa shape index (κ3) is 3.02. The fraction of sp³-hybridized carbons (Fsp3) is 0.538. The number of piperidine rings is 1. The molecule has 1 aliphatic rings. The summed E-state index contributed by atoms with van der Waals surface area (Å²) in [5.41, 5.74) is 12.3. The molecule has 104 valence electrons. The van der Waals surface area contributed by atoms with E-state index in [4.69, 9.17) is 16.2 Å². The van der Waals surface area contributed by atoms with Gasteiger partial charge in [0.1, 0.15) is 5.69 Å². The molecule has 0 aliphatic carbocycles. The molecule has 1 aliphatic heterocycles. The van der Waals surface area contributed by atoms with E-state index in [1.54, 1.807) is 19.4 Å². The predicted octanol–water partition coefficient (Wildman–Crippen LogP) is 0.123. The number of amides is 1. The average Bonchev–Trinajstić information content (AvgIpc) is 2.46. The molecule has 1 saturated heterocycles. The Bertz CT molecular complexity index is 452. The number of carbonyl (C=O) groups is 1. The van der Waals surface area contributed by atoms with E-state index in [0.717, 1.165) is 25.1 Å². The molecule has 2 unspecified atom stereocenters. The molecule has 1 aromatic heterocycles. The first-order valence-corrected chi connectivity index (χ1v) is 6.41. The van der Waals surface area contributed by atoms with Gasteiger partial charge < -0.3 is 21.1 Å². The largest absolute Gasteiger partial charge is 0.381 e. The Labute approximate surface area is 112 Å². The molecule has 2 atom stereocenters. The van der Waals surface area contributed by atoms with E-state index < -0.39 is 5.91 Å². The van der Waals surface area contributed by atoms with E-state index >= 15 is 0 Å². The van der Waals surface area contributed by atoms with Crippen LogP contribution >= 0.6 is 0 Å². The van der Waals surface area contributed by atoms with E-state index in [1.807, 2.05) is 6.07 Å². The van der Waals surface area contributed by atoms with Crippen LogP contribution in [-0.4, -0.2) is 43.2 Å². The first kappa shape index (κ1) is 13.8. The van der Waals surface area contributed by atoms with E-state index in [9.17, 15) is 4.79 Å². The molecular weight excluding hydrogens is 244 g/mol. The molecule has 0 aromatic carbocycles. The zero-order chi connectivity index (χ0) is 13.8. The van der Waals surface area contributed by atoms with Crippen molar-refractivity contribution in [3.63, 3.8) is 0 Å². The van der Waals surface area contributed by atoms with E-state index in [-0.39, 0.29) is 17.8 Å². The lowest BCUT2D eigenvalue weighted by atomic mass is 9.98. The van der Waals surface area contributed by atoms with Crippen molar-refractivity contribution in [2.75, 3.05) is 25.1 Å². The van der Waals surface area contributed by atoms with Gasteiger partial charge in [-0.1, -0.05) is 0 Å². The molecule has 6 nitrogen and oxygen atoms in total. The van der Waals surface area contributed by atoms with Crippen molar-refractivity contribution in [3.8, 4) is 0 Å². The maximum absolute atomic E-state index is 11.2.